The van der Waals surface area contributed by atoms with Crippen LogP contribution in [0.15, 0.2) is 0 Å². The van der Waals surface area contributed by atoms with Crippen molar-refractivity contribution in [2.24, 2.45) is 0 Å². The van der Waals surface area contributed by atoms with Crippen molar-refractivity contribution in [2.75, 3.05) is 6.16 Å². The van der Waals surface area contributed by atoms with Crippen LogP contribution >= 0.6 is 21.6 Å². The quantitative estimate of drug-likeness (QED) is 0.366. The molecule has 0 spiro atoms. The minimum Gasteiger partial charge on any atom is -0.226 e. The van der Waals surface area contributed by atoms with Gasteiger partial charge in [0.25, 0.3) is 0 Å². The molecular formula is C8H6F10NP3. The van der Waals surface area contributed by atoms with Gasteiger partial charge in [-0.05, 0) is 12.2 Å². The molecule has 1 saturated heterocycles. The molecule has 3 aliphatic heterocycles. The first kappa shape index (κ1) is 17.1. The molecule has 3 aliphatic rings. The lowest BCUT2D eigenvalue weighted by Crippen LogP contribution is -2.52. The maximum absolute atomic E-state index is 14.1. The zero-order chi connectivity index (χ0) is 17.1. The highest BCUT2D eigenvalue weighted by Crippen LogP contribution is 3.05. The molecule has 0 N–H and O–H groups in total. The number of halogens is 10. The Hall–Kier alpha value is 0.290. The van der Waals surface area contributed by atoms with E-state index in [1.54, 1.807) is 0 Å². The van der Waals surface area contributed by atoms with Crippen LogP contribution in [0.2, 0.25) is 0 Å². The first-order chi connectivity index (χ1) is 9.62. The molecule has 3 unspecified atom stereocenters. The summed E-state index contributed by atoms with van der Waals surface area (Å²) in [7, 11) is -7.12. The first-order valence-electron chi connectivity index (χ1n) is 5.63. The van der Waals surface area contributed by atoms with E-state index in [4.69, 9.17) is 0 Å². The van der Waals surface area contributed by atoms with E-state index in [0.29, 0.717) is 6.92 Å². The normalized spacial score (nSPS) is 43.6. The van der Waals surface area contributed by atoms with Crippen molar-refractivity contribution in [1.29, 1.82) is 0 Å². The molecule has 1 fully saturated rings. The Bertz CT molecular complexity index is 671. The van der Waals surface area contributed by atoms with Gasteiger partial charge in [0.15, 0.2) is 6.70 Å². The molecule has 1 nitrogen and oxygen atoms in total. The predicted molar refractivity (Wildman–Crippen MR) is 63.9 cm³/mol. The second kappa shape index (κ2) is 3.92. The third-order valence-corrected chi connectivity index (χ3v) is 17.8. The van der Waals surface area contributed by atoms with Crippen LogP contribution in [0.3, 0.4) is 0 Å². The summed E-state index contributed by atoms with van der Waals surface area (Å²) >= 11 is 0. The van der Waals surface area contributed by atoms with Crippen LogP contribution in [-0.2, 0) is 0 Å². The topological polar surface area (TPSA) is 3.24 Å². The van der Waals surface area contributed by atoms with Gasteiger partial charge >= 0.3 is 23.2 Å². The van der Waals surface area contributed by atoms with Crippen LogP contribution in [0.5, 0.6) is 0 Å². The van der Waals surface area contributed by atoms with Gasteiger partial charge in [-0.25, -0.2) is 4.44 Å². The summed E-state index contributed by atoms with van der Waals surface area (Å²) < 4.78 is 135. The molecule has 3 heterocycles. The Balaban J connectivity index is 2.49. The molecule has 14 heteroatoms. The van der Waals surface area contributed by atoms with Gasteiger partial charge in [0, 0.05) is 12.2 Å². The van der Waals surface area contributed by atoms with Crippen molar-refractivity contribution in [2.45, 2.75) is 36.1 Å². The lowest BCUT2D eigenvalue weighted by molar-refractivity contribution is -0.119. The molecule has 3 atom stereocenters. The Kier molecular flexibility index (Phi) is 3.05. The molecule has 0 aliphatic carbocycles. The van der Waals surface area contributed by atoms with Gasteiger partial charge in [-0.15, -0.1) is 0 Å². The van der Waals surface area contributed by atoms with Gasteiger partial charge in [-0.3, -0.25) is 0 Å². The Morgan fingerprint density at radius 2 is 1.50 bits per heavy atom. The second-order valence-electron chi connectivity index (χ2n) is 5.06. The van der Waals surface area contributed by atoms with Crippen LogP contribution in [0.25, 0.3) is 0 Å². The van der Waals surface area contributed by atoms with Crippen LogP contribution in [0.1, 0.15) is 6.92 Å². The maximum Gasteiger partial charge on any atom is 0.427 e. The van der Waals surface area contributed by atoms with Gasteiger partial charge < -0.3 is 0 Å². The van der Waals surface area contributed by atoms with Gasteiger partial charge in [-0.1, -0.05) is 7.87 Å². The third-order valence-electron chi connectivity index (χ3n) is 4.22. The van der Waals surface area contributed by atoms with E-state index in [0.717, 1.165) is 0 Å². The number of hydrogen-bond donors (Lipinski definition) is 0. The molecule has 0 radical (unpaired) electrons. The van der Waals surface area contributed by atoms with E-state index in [2.05, 4.69) is 0 Å². The lowest BCUT2D eigenvalue weighted by Gasteiger charge is -2.50. The van der Waals surface area contributed by atoms with Crippen LogP contribution in [0, 0.1) is 0 Å². The molecule has 0 saturated carbocycles. The average Bonchev–Trinajstić information content (AvgIpc) is 2.67. The van der Waals surface area contributed by atoms with E-state index in [1.165, 1.54) is 0 Å². The number of nitrogens with zero attached hydrogens (tertiary/aromatic N) is 1. The number of rotatable bonds is 0. The summed E-state index contributed by atoms with van der Waals surface area (Å²) in [5.41, 5.74) is -11.5. The minimum absolute atomic E-state index is 0.517. The molecular weight excluding hydrogens is 393 g/mol. The summed E-state index contributed by atoms with van der Waals surface area (Å²) in [5, 5.41) is -0.958. The molecule has 0 amide bonds. The van der Waals surface area contributed by atoms with Crippen molar-refractivity contribution in [1.82, 2.24) is 4.44 Å². The van der Waals surface area contributed by atoms with E-state index in [-0.39, 0.29) is 0 Å². The minimum atomic E-state index is -6.05. The van der Waals surface area contributed by atoms with Crippen molar-refractivity contribution in [3.8, 4) is 0 Å². The first-order valence-corrected chi connectivity index (χ1v) is 10.9. The van der Waals surface area contributed by atoms with Gasteiger partial charge in [0.1, 0.15) is 7.04 Å². The van der Waals surface area contributed by atoms with E-state index in [9.17, 15) is 43.9 Å². The largest absolute Gasteiger partial charge is 0.427 e. The zero-order valence-electron chi connectivity index (χ0n) is 10.4. The average molecular weight is 399 g/mol. The van der Waals surface area contributed by atoms with Crippen molar-refractivity contribution in [3.05, 3.63) is 0 Å². The molecule has 0 aromatic rings. The summed E-state index contributed by atoms with van der Waals surface area (Å²) in [6, 6.07) is -1.59. The summed E-state index contributed by atoms with van der Waals surface area (Å²) in [6.07, 6.45) is -0.622. The maximum atomic E-state index is 14.1. The monoisotopic (exact) mass is 399 g/mol. The zero-order valence-corrected chi connectivity index (χ0v) is 13.0. The van der Waals surface area contributed by atoms with Crippen molar-refractivity contribution < 1.29 is 43.9 Å². The molecule has 128 valence electrons. The van der Waals surface area contributed by atoms with Crippen LogP contribution < -0.4 is 0 Å². The Morgan fingerprint density at radius 1 is 1.00 bits per heavy atom. The molecule has 0 aromatic carbocycles. The van der Waals surface area contributed by atoms with Crippen LogP contribution in [-0.4, -0.2) is 45.1 Å². The molecule has 0 aromatic heterocycles. The van der Waals surface area contributed by atoms with Gasteiger partial charge in [-0.2, -0.15) is 43.9 Å². The fourth-order valence-corrected chi connectivity index (χ4v) is 19.7. The highest BCUT2D eigenvalue weighted by Gasteiger charge is 2.95. The third kappa shape index (κ3) is 1.26. The fourth-order valence-electron chi connectivity index (χ4n) is 3.34. The van der Waals surface area contributed by atoms with E-state index in [1.807, 2.05) is 0 Å². The van der Waals surface area contributed by atoms with Crippen molar-refractivity contribution in [3.63, 3.8) is 0 Å². The standard InChI is InChI=1S/C8H6F10NP3/c1-3-4-2-20-22(8(16,17)18)6(11,12)5(9,10)21(3,19(4)22)7(13,14)15/h4H,2H2,1H3. The number of alkyl halides is 10. The molecule has 22 heavy (non-hydrogen) atoms. The summed E-state index contributed by atoms with van der Waals surface area (Å²) in [4.78, 5) is 0. The van der Waals surface area contributed by atoms with Crippen LogP contribution in [0.4, 0.5) is 43.9 Å². The van der Waals surface area contributed by atoms with E-state index < -0.39 is 66.7 Å². The lowest BCUT2D eigenvalue weighted by atomic mass is 10.3. The van der Waals surface area contributed by atoms with Crippen molar-refractivity contribution >= 4 is 26.9 Å². The predicted octanol–water partition coefficient (Wildman–Crippen LogP) is 5.84. The highest BCUT2D eigenvalue weighted by molar-refractivity contribution is 8.12. The molecule has 3 rings (SSSR count). The SMILES string of the molecule is CC1=P2(C(F)(F)F)N3C1CP=P3(C(F)(F)F)C(F)(F)C2(F)F. The highest BCUT2D eigenvalue weighted by atomic mass is 31.8. The van der Waals surface area contributed by atoms with E-state index >= 15 is 0 Å². The Morgan fingerprint density at radius 3 is 1.91 bits per heavy atom. The molecule has 0 bridgehead atoms. The fraction of sp³-hybridized carbons (Fsp3) is 0.875. The smallest absolute Gasteiger partial charge is 0.226 e. The second-order valence-corrected chi connectivity index (χ2v) is 14.8. The summed E-state index contributed by atoms with van der Waals surface area (Å²) in [5.74, 6) is -11.6. The Labute approximate surface area is 118 Å². The van der Waals surface area contributed by atoms with Gasteiger partial charge in [0.05, 0.1) is 0 Å². The summed E-state index contributed by atoms with van der Waals surface area (Å²) in [6.45, 7) is -5.36. The van der Waals surface area contributed by atoms with Gasteiger partial charge in [0.2, 0.25) is 0 Å². The number of hydrogen-bond acceptors (Lipinski definition) is 1.